The van der Waals surface area contributed by atoms with Crippen LogP contribution in [0.4, 0.5) is 0 Å². The van der Waals surface area contributed by atoms with Crippen molar-refractivity contribution in [2.24, 2.45) is 17.6 Å². The van der Waals surface area contributed by atoms with Crippen molar-refractivity contribution >= 4 is 5.91 Å². The molecule has 1 atom stereocenters. The van der Waals surface area contributed by atoms with Gasteiger partial charge in [0.05, 0.1) is 25.3 Å². The van der Waals surface area contributed by atoms with Crippen molar-refractivity contribution in [3.8, 4) is 6.07 Å². The largest absolute Gasteiger partial charge is 0.467 e. The van der Waals surface area contributed by atoms with Gasteiger partial charge >= 0.3 is 0 Å². The summed E-state index contributed by atoms with van der Waals surface area (Å²) in [6, 6.07) is 5.71. The van der Waals surface area contributed by atoms with Crippen molar-refractivity contribution in [1.82, 2.24) is 4.90 Å². The molecule has 0 radical (unpaired) electrons. The Labute approximate surface area is 126 Å². The summed E-state index contributed by atoms with van der Waals surface area (Å²) in [6.45, 7) is 5.60. The SMILES string of the molecule is CC(C)CC(CN)CC(=O)N(CCC#N)Cc1ccco1. The molecule has 1 rings (SSSR count). The highest BCUT2D eigenvalue weighted by molar-refractivity contribution is 5.76. The van der Waals surface area contributed by atoms with Gasteiger partial charge in [0.25, 0.3) is 0 Å². The van der Waals surface area contributed by atoms with Crippen LogP contribution in [0.1, 0.15) is 38.9 Å². The Morgan fingerprint density at radius 2 is 2.29 bits per heavy atom. The summed E-state index contributed by atoms with van der Waals surface area (Å²) >= 11 is 0. The van der Waals surface area contributed by atoms with Gasteiger partial charge in [-0.15, -0.1) is 0 Å². The van der Waals surface area contributed by atoms with Crippen LogP contribution in [0.15, 0.2) is 22.8 Å². The first-order valence-corrected chi connectivity index (χ1v) is 7.44. The van der Waals surface area contributed by atoms with Crippen LogP contribution >= 0.6 is 0 Å². The maximum absolute atomic E-state index is 12.4. The first-order chi connectivity index (χ1) is 10.1. The first-order valence-electron chi connectivity index (χ1n) is 7.44. The monoisotopic (exact) mass is 291 g/mol. The van der Waals surface area contributed by atoms with Crippen LogP contribution in [0, 0.1) is 23.2 Å². The number of hydrogen-bond donors (Lipinski definition) is 1. The lowest BCUT2D eigenvalue weighted by Gasteiger charge is -2.24. The fourth-order valence-electron chi connectivity index (χ4n) is 2.37. The molecule has 0 saturated carbocycles. The summed E-state index contributed by atoms with van der Waals surface area (Å²) < 4.78 is 5.29. The van der Waals surface area contributed by atoms with Crippen molar-refractivity contribution in [2.45, 2.75) is 39.7 Å². The Morgan fingerprint density at radius 3 is 2.81 bits per heavy atom. The molecule has 5 nitrogen and oxygen atoms in total. The highest BCUT2D eigenvalue weighted by Crippen LogP contribution is 2.17. The molecule has 116 valence electrons. The van der Waals surface area contributed by atoms with E-state index in [1.54, 1.807) is 17.2 Å². The highest BCUT2D eigenvalue weighted by Gasteiger charge is 2.20. The molecule has 0 aromatic carbocycles. The molecule has 1 aromatic rings. The molecule has 0 bridgehead atoms. The van der Waals surface area contributed by atoms with Gasteiger partial charge in [0.2, 0.25) is 5.91 Å². The smallest absolute Gasteiger partial charge is 0.223 e. The molecule has 21 heavy (non-hydrogen) atoms. The summed E-state index contributed by atoms with van der Waals surface area (Å²) in [4.78, 5) is 14.1. The minimum absolute atomic E-state index is 0.0396. The molecular weight excluding hydrogens is 266 g/mol. The zero-order valence-electron chi connectivity index (χ0n) is 12.9. The zero-order chi connectivity index (χ0) is 15.7. The lowest BCUT2D eigenvalue weighted by Crippen LogP contribution is -2.34. The number of nitrogens with two attached hydrogens (primary N) is 1. The Hall–Kier alpha value is -1.80. The molecular formula is C16H25N3O2. The minimum atomic E-state index is 0.0396. The molecule has 0 aliphatic carbocycles. The third kappa shape index (κ3) is 6.46. The number of nitriles is 1. The summed E-state index contributed by atoms with van der Waals surface area (Å²) in [5.41, 5.74) is 5.76. The van der Waals surface area contributed by atoms with Crippen LogP contribution in [-0.4, -0.2) is 23.9 Å². The number of carbonyl (C=O) groups is 1. The predicted molar refractivity (Wildman–Crippen MR) is 81.0 cm³/mol. The van der Waals surface area contributed by atoms with E-state index in [1.165, 1.54) is 0 Å². The number of hydrogen-bond acceptors (Lipinski definition) is 4. The summed E-state index contributed by atoms with van der Waals surface area (Å²) in [5, 5.41) is 8.74. The van der Waals surface area contributed by atoms with Crippen LogP contribution < -0.4 is 5.73 Å². The summed E-state index contributed by atoms with van der Waals surface area (Å²) in [5.74, 6) is 1.48. The van der Waals surface area contributed by atoms with E-state index >= 15 is 0 Å². The topological polar surface area (TPSA) is 83.3 Å². The molecule has 1 heterocycles. The van der Waals surface area contributed by atoms with E-state index in [-0.39, 0.29) is 11.8 Å². The van der Waals surface area contributed by atoms with Gasteiger partial charge in [0.15, 0.2) is 0 Å². The lowest BCUT2D eigenvalue weighted by molar-refractivity contribution is -0.133. The van der Waals surface area contributed by atoms with Crippen LogP contribution in [0.3, 0.4) is 0 Å². The van der Waals surface area contributed by atoms with Crippen molar-refractivity contribution in [2.75, 3.05) is 13.1 Å². The number of nitrogens with zero attached hydrogens (tertiary/aromatic N) is 2. The second-order valence-electron chi connectivity index (χ2n) is 5.74. The normalized spacial score (nSPS) is 12.1. The minimum Gasteiger partial charge on any atom is -0.467 e. The van der Waals surface area contributed by atoms with Crippen molar-refractivity contribution in [3.05, 3.63) is 24.2 Å². The van der Waals surface area contributed by atoms with E-state index in [0.717, 1.165) is 12.2 Å². The van der Waals surface area contributed by atoms with Crippen molar-refractivity contribution in [3.63, 3.8) is 0 Å². The standard InChI is InChI=1S/C16H25N3O2/c1-13(2)9-14(11-18)10-16(20)19(7-4-6-17)12-15-5-3-8-21-15/h3,5,8,13-14H,4,7,9-12,18H2,1-2H3. The van der Waals surface area contributed by atoms with Gasteiger partial charge in [-0.25, -0.2) is 0 Å². The molecule has 0 fully saturated rings. The first kappa shape index (κ1) is 17.3. The zero-order valence-corrected chi connectivity index (χ0v) is 12.9. The fourth-order valence-corrected chi connectivity index (χ4v) is 2.37. The third-order valence-corrected chi connectivity index (χ3v) is 3.37. The fraction of sp³-hybridized carbons (Fsp3) is 0.625. The lowest BCUT2D eigenvalue weighted by atomic mass is 9.93. The molecule has 2 N–H and O–H groups in total. The van der Waals surface area contributed by atoms with E-state index in [9.17, 15) is 4.79 Å². The van der Waals surface area contributed by atoms with E-state index in [0.29, 0.717) is 38.4 Å². The number of carbonyl (C=O) groups excluding carboxylic acids is 1. The van der Waals surface area contributed by atoms with Crippen LogP contribution in [0.25, 0.3) is 0 Å². The molecule has 0 aliphatic heterocycles. The number of amides is 1. The van der Waals surface area contributed by atoms with Crippen LogP contribution in [-0.2, 0) is 11.3 Å². The quantitative estimate of drug-likeness (QED) is 0.757. The van der Waals surface area contributed by atoms with E-state index in [4.69, 9.17) is 15.4 Å². The van der Waals surface area contributed by atoms with Crippen molar-refractivity contribution in [1.29, 1.82) is 5.26 Å². The second kappa shape index (κ2) is 9.19. The average molecular weight is 291 g/mol. The van der Waals surface area contributed by atoms with Gasteiger partial charge in [-0.2, -0.15) is 5.26 Å². The molecule has 1 unspecified atom stereocenters. The highest BCUT2D eigenvalue weighted by atomic mass is 16.3. The van der Waals surface area contributed by atoms with Crippen LogP contribution in [0.2, 0.25) is 0 Å². The number of rotatable bonds is 9. The Balaban J connectivity index is 2.63. The van der Waals surface area contributed by atoms with Gasteiger partial charge in [0.1, 0.15) is 5.76 Å². The van der Waals surface area contributed by atoms with E-state index in [2.05, 4.69) is 19.9 Å². The number of furan rings is 1. The van der Waals surface area contributed by atoms with E-state index in [1.807, 2.05) is 6.07 Å². The molecule has 0 aliphatic rings. The Bertz CT molecular complexity index is 449. The maximum Gasteiger partial charge on any atom is 0.223 e. The van der Waals surface area contributed by atoms with Gasteiger partial charge in [-0.05, 0) is 36.9 Å². The van der Waals surface area contributed by atoms with Gasteiger partial charge < -0.3 is 15.1 Å². The molecule has 1 amide bonds. The predicted octanol–water partition coefficient (Wildman–Crippen LogP) is 2.53. The maximum atomic E-state index is 12.4. The van der Waals surface area contributed by atoms with Gasteiger partial charge in [-0.1, -0.05) is 13.8 Å². The molecule has 0 spiro atoms. The summed E-state index contributed by atoms with van der Waals surface area (Å²) in [7, 11) is 0. The van der Waals surface area contributed by atoms with E-state index < -0.39 is 0 Å². The molecule has 5 heteroatoms. The molecule has 1 aromatic heterocycles. The summed E-state index contributed by atoms with van der Waals surface area (Å²) in [6.07, 6.45) is 3.28. The average Bonchev–Trinajstić information content (AvgIpc) is 2.94. The van der Waals surface area contributed by atoms with Gasteiger partial charge in [-0.3, -0.25) is 4.79 Å². The second-order valence-corrected chi connectivity index (χ2v) is 5.74. The van der Waals surface area contributed by atoms with Gasteiger partial charge in [0, 0.05) is 13.0 Å². The third-order valence-electron chi connectivity index (χ3n) is 3.37. The Morgan fingerprint density at radius 1 is 1.52 bits per heavy atom. The molecule has 0 saturated heterocycles. The Kier molecular flexibility index (Phi) is 7.55. The van der Waals surface area contributed by atoms with Crippen molar-refractivity contribution < 1.29 is 9.21 Å². The van der Waals surface area contributed by atoms with Crippen LogP contribution in [0.5, 0.6) is 0 Å².